The van der Waals surface area contributed by atoms with E-state index in [4.69, 9.17) is 4.74 Å². The van der Waals surface area contributed by atoms with Crippen molar-refractivity contribution in [3.63, 3.8) is 0 Å². The number of hydrogen-bond acceptors (Lipinski definition) is 4. The van der Waals surface area contributed by atoms with Crippen LogP contribution in [0.15, 0.2) is 72.9 Å². The van der Waals surface area contributed by atoms with Gasteiger partial charge in [0.2, 0.25) is 0 Å². The van der Waals surface area contributed by atoms with Crippen molar-refractivity contribution < 1.29 is 9.53 Å². The molecule has 0 atom stereocenters. The van der Waals surface area contributed by atoms with Crippen LogP contribution in [-0.4, -0.2) is 24.0 Å². The smallest absolute Gasteiger partial charge is 0.255 e. The van der Waals surface area contributed by atoms with Gasteiger partial charge in [0.15, 0.2) is 0 Å². The molecule has 5 nitrogen and oxygen atoms in total. The highest BCUT2D eigenvalue weighted by molar-refractivity contribution is 6.05. The molecule has 0 bridgehead atoms. The van der Waals surface area contributed by atoms with E-state index in [1.54, 1.807) is 18.3 Å². The van der Waals surface area contributed by atoms with E-state index in [0.29, 0.717) is 22.8 Å². The molecule has 1 aromatic heterocycles. The number of pyridine rings is 1. The first kappa shape index (κ1) is 18.5. The van der Waals surface area contributed by atoms with Gasteiger partial charge in [0.05, 0.1) is 11.8 Å². The van der Waals surface area contributed by atoms with Crippen molar-refractivity contribution >= 4 is 23.1 Å². The third-order valence-corrected chi connectivity index (χ3v) is 3.99. The van der Waals surface area contributed by atoms with Gasteiger partial charge in [0, 0.05) is 24.5 Å². The molecule has 1 amide bonds. The van der Waals surface area contributed by atoms with Crippen molar-refractivity contribution in [1.29, 1.82) is 0 Å². The van der Waals surface area contributed by atoms with Gasteiger partial charge in [-0.3, -0.25) is 4.79 Å². The van der Waals surface area contributed by atoms with Crippen LogP contribution in [0.4, 0.5) is 17.2 Å². The molecule has 1 N–H and O–H groups in total. The highest BCUT2D eigenvalue weighted by Gasteiger charge is 2.13. The number of nitrogens with one attached hydrogen (secondary N) is 1. The molecule has 0 aliphatic carbocycles. The van der Waals surface area contributed by atoms with Gasteiger partial charge in [-0.15, -0.1) is 0 Å². The van der Waals surface area contributed by atoms with Crippen molar-refractivity contribution in [2.45, 2.75) is 20.0 Å². The van der Waals surface area contributed by atoms with Crippen LogP contribution in [0.2, 0.25) is 0 Å². The van der Waals surface area contributed by atoms with Gasteiger partial charge >= 0.3 is 0 Å². The number of anilines is 3. The van der Waals surface area contributed by atoms with E-state index in [9.17, 15) is 4.79 Å². The molecule has 0 radical (unpaired) electrons. The molecule has 0 aliphatic rings. The number of rotatable bonds is 6. The average Bonchev–Trinajstić information content (AvgIpc) is 2.69. The molecule has 0 unspecified atom stereocenters. The summed E-state index contributed by atoms with van der Waals surface area (Å²) in [7, 11) is 1.92. The number of aromatic nitrogens is 1. The van der Waals surface area contributed by atoms with Crippen molar-refractivity contribution in [1.82, 2.24) is 4.98 Å². The van der Waals surface area contributed by atoms with Gasteiger partial charge in [-0.1, -0.05) is 30.3 Å². The molecule has 0 saturated carbocycles. The zero-order valence-corrected chi connectivity index (χ0v) is 15.7. The minimum absolute atomic E-state index is 0.0232. The number of carbonyl (C=O) groups excluding carboxylic acids is 1. The molecule has 0 saturated heterocycles. The van der Waals surface area contributed by atoms with Gasteiger partial charge in [-0.05, 0) is 50.2 Å². The molecule has 2 aromatic carbocycles. The minimum Gasteiger partial charge on any atom is -0.489 e. The van der Waals surface area contributed by atoms with Crippen molar-refractivity contribution in [3.8, 4) is 5.75 Å². The predicted octanol–water partition coefficient (Wildman–Crippen LogP) is 4.89. The van der Waals surface area contributed by atoms with Crippen LogP contribution in [0.1, 0.15) is 24.2 Å². The van der Waals surface area contributed by atoms with Crippen molar-refractivity contribution in [2.24, 2.45) is 0 Å². The average molecular weight is 361 g/mol. The first-order valence-electron chi connectivity index (χ1n) is 8.86. The van der Waals surface area contributed by atoms with E-state index in [0.717, 1.165) is 5.69 Å². The molecule has 0 spiro atoms. The Labute approximate surface area is 159 Å². The third kappa shape index (κ3) is 4.64. The number of hydrogen-bond donors (Lipinski definition) is 1. The highest BCUT2D eigenvalue weighted by Crippen LogP contribution is 2.26. The Morgan fingerprint density at radius 3 is 2.48 bits per heavy atom. The Kier molecular flexibility index (Phi) is 5.71. The van der Waals surface area contributed by atoms with Crippen LogP contribution in [0.3, 0.4) is 0 Å². The maximum atomic E-state index is 12.8. The molecular formula is C22H23N3O2. The van der Waals surface area contributed by atoms with E-state index in [1.165, 1.54) is 0 Å². The zero-order chi connectivity index (χ0) is 19.2. The Balaban J connectivity index is 1.81. The Morgan fingerprint density at radius 2 is 1.74 bits per heavy atom. The summed E-state index contributed by atoms with van der Waals surface area (Å²) in [4.78, 5) is 19.1. The van der Waals surface area contributed by atoms with Crippen LogP contribution in [-0.2, 0) is 0 Å². The summed E-state index contributed by atoms with van der Waals surface area (Å²) in [6.45, 7) is 3.90. The number of ether oxygens (including phenoxy) is 1. The lowest BCUT2D eigenvalue weighted by molar-refractivity contribution is 0.102. The molecule has 27 heavy (non-hydrogen) atoms. The fourth-order valence-corrected chi connectivity index (χ4v) is 2.65. The fraction of sp³-hybridized carbons (Fsp3) is 0.182. The molecule has 1 heterocycles. The summed E-state index contributed by atoms with van der Waals surface area (Å²) in [6, 6.07) is 20.8. The topological polar surface area (TPSA) is 54.5 Å². The summed E-state index contributed by atoms with van der Waals surface area (Å²) in [5.74, 6) is 1.14. The van der Waals surface area contributed by atoms with E-state index >= 15 is 0 Å². The van der Waals surface area contributed by atoms with Gasteiger partial charge in [0.25, 0.3) is 5.91 Å². The second-order valence-electron chi connectivity index (χ2n) is 6.41. The Hall–Kier alpha value is -3.34. The van der Waals surface area contributed by atoms with Gasteiger partial charge < -0.3 is 15.0 Å². The van der Waals surface area contributed by atoms with Crippen LogP contribution in [0.5, 0.6) is 5.75 Å². The largest absolute Gasteiger partial charge is 0.489 e. The predicted molar refractivity (Wildman–Crippen MR) is 109 cm³/mol. The molecule has 0 aliphatic heterocycles. The molecule has 3 aromatic rings. The standard InChI is InChI=1S/C22H23N3O2/c1-16(2)27-20-12-8-7-11-19(20)24-22(26)17-13-14-23-21(15-17)25(3)18-9-5-4-6-10-18/h4-16H,1-3H3,(H,24,26). The zero-order valence-electron chi connectivity index (χ0n) is 15.7. The van der Waals surface area contributed by atoms with Crippen LogP contribution in [0, 0.1) is 0 Å². The highest BCUT2D eigenvalue weighted by atomic mass is 16.5. The third-order valence-electron chi connectivity index (χ3n) is 3.99. The molecular weight excluding hydrogens is 338 g/mol. The quantitative estimate of drug-likeness (QED) is 0.679. The van der Waals surface area contributed by atoms with E-state index in [2.05, 4.69) is 10.3 Å². The number of carbonyl (C=O) groups is 1. The van der Waals surface area contributed by atoms with Crippen molar-refractivity contribution in [3.05, 3.63) is 78.5 Å². The van der Waals surface area contributed by atoms with E-state index in [1.807, 2.05) is 80.4 Å². The molecule has 3 rings (SSSR count). The number of amides is 1. The first-order valence-corrected chi connectivity index (χ1v) is 8.86. The van der Waals surface area contributed by atoms with E-state index < -0.39 is 0 Å². The lowest BCUT2D eigenvalue weighted by Crippen LogP contribution is -2.16. The minimum atomic E-state index is -0.208. The monoisotopic (exact) mass is 361 g/mol. The SMILES string of the molecule is CC(C)Oc1ccccc1NC(=O)c1ccnc(N(C)c2ccccc2)c1. The Morgan fingerprint density at radius 1 is 1.04 bits per heavy atom. The summed E-state index contributed by atoms with van der Waals surface area (Å²) < 4.78 is 5.77. The molecule has 5 heteroatoms. The van der Waals surface area contributed by atoms with Gasteiger partial charge in [-0.25, -0.2) is 4.98 Å². The maximum absolute atomic E-state index is 12.8. The number of nitrogens with zero attached hydrogens (tertiary/aromatic N) is 2. The summed E-state index contributed by atoms with van der Waals surface area (Å²) in [5.41, 5.74) is 2.17. The van der Waals surface area contributed by atoms with Crippen LogP contribution < -0.4 is 15.0 Å². The molecule has 138 valence electrons. The van der Waals surface area contributed by atoms with Crippen LogP contribution in [0.25, 0.3) is 0 Å². The summed E-state index contributed by atoms with van der Waals surface area (Å²) in [6.07, 6.45) is 1.66. The molecule has 0 fully saturated rings. The lowest BCUT2D eigenvalue weighted by Gasteiger charge is -2.19. The van der Waals surface area contributed by atoms with Crippen molar-refractivity contribution in [2.75, 3.05) is 17.3 Å². The number of para-hydroxylation sites is 3. The number of benzene rings is 2. The van der Waals surface area contributed by atoms with Crippen LogP contribution >= 0.6 is 0 Å². The lowest BCUT2D eigenvalue weighted by atomic mass is 10.2. The van der Waals surface area contributed by atoms with E-state index in [-0.39, 0.29) is 12.0 Å². The van der Waals surface area contributed by atoms with Gasteiger partial charge in [0.1, 0.15) is 11.6 Å². The first-order chi connectivity index (χ1) is 13.0. The van der Waals surface area contributed by atoms with Gasteiger partial charge in [-0.2, -0.15) is 0 Å². The fourth-order valence-electron chi connectivity index (χ4n) is 2.65. The normalized spacial score (nSPS) is 10.5. The summed E-state index contributed by atoms with van der Waals surface area (Å²) in [5, 5.41) is 2.93. The maximum Gasteiger partial charge on any atom is 0.255 e. The Bertz CT molecular complexity index is 910. The second kappa shape index (κ2) is 8.36. The second-order valence-corrected chi connectivity index (χ2v) is 6.41. The summed E-state index contributed by atoms with van der Waals surface area (Å²) >= 11 is 0.